The van der Waals surface area contributed by atoms with Gasteiger partial charge in [-0.15, -0.1) is 0 Å². The van der Waals surface area contributed by atoms with Gasteiger partial charge in [-0.05, 0) is 99.8 Å². The van der Waals surface area contributed by atoms with Gasteiger partial charge in [-0.1, -0.05) is 182 Å². The number of aromatic nitrogens is 3. The van der Waals surface area contributed by atoms with Crippen LogP contribution in [0.4, 0.5) is 0 Å². The average Bonchev–Trinajstić information content (AvgIpc) is 4.04. The molecule has 0 bridgehead atoms. The van der Waals surface area contributed by atoms with Gasteiger partial charge >= 0.3 is 0 Å². The SMILES string of the molecule is CC1(c2cccc(C3(C)c4ccccc4-c4ccccc43)c2-n2c(-c3ccccc3)nc3cc(-n4c5ccccc5c5ccccc54)ccc32)c2ccccc2-c2ccccc21. The first kappa shape index (κ1) is 35.0. The largest absolute Gasteiger partial charge is 0.309 e. The molecule has 2 heterocycles. The number of rotatable bonds is 5. The van der Waals surface area contributed by atoms with E-state index < -0.39 is 10.8 Å². The van der Waals surface area contributed by atoms with E-state index in [1.54, 1.807) is 0 Å². The maximum absolute atomic E-state index is 5.70. The molecule has 0 fully saturated rings. The van der Waals surface area contributed by atoms with Gasteiger partial charge in [-0.3, -0.25) is 4.57 Å². The summed E-state index contributed by atoms with van der Waals surface area (Å²) >= 11 is 0. The van der Waals surface area contributed by atoms with E-state index in [9.17, 15) is 0 Å². The molecule has 0 aliphatic heterocycles. The summed E-state index contributed by atoms with van der Waals surface area (Å²) in [7, 11) is 0. The van der Waals surface area contributed by atoms with Crippen molar-refractivity contribution < 1.29 is 0 Å². The van der Waals surface area contributed by atoms with Crippen molar-refractivity contribution >= 4 is 32.8 Å². The van der Waals surface area contributed by atoms with E-state index in [0.717, 1.165) is 28.1 Å². The Bertz CT molecular complexity index is 3360. The van der Waals surface area contributed by atoms with Crippen molar-refractivity contribution in [3.8, 4) is 45.0 Å². The molecule has 62 heavy (non-hydrogen) atoms. The number of hydrogen-bond acceptors (Lipinski definition) is 1. The highest BCUT2D eigenvalue weighted by atomic mass is 15.1. The molecule has 3 nitrogen and oxygen atoms in total. The monoisotopic (exact) mass is 791 g/mol. The second-order valence-corrected chi connectivity index (χ2v) is 17.3. The van der Waals surface area contributed by atoms with Gasteiger partial charge in [0.15, 0.2) is 0 Å². The van der Waals surface area contributed by atoms with Crippen LogP contribution in [0.3, 0.4) is 0 Å². The first-order chi connectivity index (χ1) is 30.5. The summed E-state index contributed by atoms with van der Waals surface area (Å²) in [6.45, 7) is 4.89. The van der Waals surface area contributed by atoms with E-state index in [0.29, 0.717) is 0 Å². The number of para-hydroxylation sites is 3. The number of fused-ring (bicyclic) bond motifs is 10. The highest BCUT2D eigenvalue weighted by molar-refractivity contribution is 6.09. The predicted molar refractivity (Wildman–Crippen MR) is 256 cm³/mol. The van der Waals surface area contributed by atoms with Crippen LogP contribution in [0.2, 0.25) is 0 Å². The van der Waals surface area contributed by atoms with Crippen LogP contribution in [-0.2, 0) is 10.8 Å². The Morgan fingerprint density at radius 1 is 0.355 bits per heavy atom. The summed E-state index contributed by atoms with van der Waals surface area (Å²) in [4.78, 5) is 5.70. The number of benzene rings is 9. The van der Waals surface area contributed by atoms with Crippen molar-refractivity contribution in [1.29, 1.82) is 0 Å². The molecular formula is C59H41N3. The zero-order chi connectivity index (χ0) is 41.2. The van der Waals surface area contributed by atoms with Crippen molar-refractivity contribution in [2.75, 3.05) is 0 Å². The predicted octanol–water partition coefficient (Wildman–Crippen LogP) is 14.5. The molecule has 0 spiro atoms. The molecule has 11 aromatic rings. The molecule has 3 heteroatoms. The molecule has 2 aliphatic rings. The number of hydrogen-bond donors (Lipinski definition) is 0. The molecule has 9 aromatic carbocycles. The first-order valence-corrected chi connectivity index (χ1v) is 21.6. The lowest BCUT2D eigenvalue weighted by Crippen LogP contribution is -2.30. The van der Waals surface area contributed by atoms with E-state index in [4.69, 9.17) is 4.98 Å². The van der Waals surface area contributed by atoms with Gasteiger partial charge in [0.1, 0.15) is 5.82 Å². The molecule has 13 rings (SSSR count). The zero-order valence-corrected chi connectivity index (χ0v) is 34.5. The fraction of sp³-hybridized carbons (Fsp3) is 0.0678. The van der Waals surface area contributed by atoms with Crippen LogP contribution in [0.25, 0.3) is 77.9 Å². The molecule has 0 unspecified atom stereocenters. The van der Waals surface area contributed by atoms with Gasteiger partial charge in [0.05, 0.1) is 27.8 Å². The van der Waals surface area contributed by atoms with E-state index in [1.165, 1.54) is 83.1 Å². The number of imidazole rings is 1. The Morgan fingerprint density at radius 3 is 1.27 bits per heavy atom. The van der Waals surface area contributed by atoms with Crippen molar-refractivity contribution in [2.24, 2.45) is 0 Å². The van der Waals surface area contributed by atoms with E-state index >= 15 is 0 Å². The Kier molecular flexibility index (Phi) is 7.28. The second kappa shape index (κ2) is 12.9. The van der Waals surface area contributed by atoms with Gasteiger partial charge in [-0.25, -0.2) is 4.98 Å². The van der Waals surface area contributed by atoms with Gasteiger partial charge in [-0.2, -0.15) is 0 Å². The van der Waals surface area contributed by atoms with E-state index in [-0.39, 0.29) is 0 Å². The smallest absolute Gasteiger partial charge is 0.145 e. The minimum Gasteiger partial charge on any atom is -0.309 e. The molecule has 0 radical (unpaired) electrons. The Hall–Kier alpha value is -7.75. The van der Waals surface area contributed by atoms with Gasteiger partial charge in [0.2, 0.25) is 0 Å². The summed E-state index contributed by atoms with van der Waals surface area (Å²) in [6.07, 6.45) is 0. The highest BCUT2D eigenvalue weighted by Crippen LogP contribution is 2.58. The molecule has 0 N–H and O–H groups in total. The summed E-state index contributed by atoms with van der Waals surface area (Å²) in [6, 6.07) is 78.3. The normalized spacial score (nSPS) is 14.2. The van der Waals surface area contributed by atoms with Crippen LogP contribution in [0, 0.1) is 0 Å². The van der Waals surface area contributed by atoms with Crippen LogP contribution >= 0.6 is 0 Å². The third-order valence-corrected chi connectivity index (χ3v) is 14.3. The van der Waals surface area contributed by atoms with Crippen molar-refractivity contribution in [3.05, 3.63) is 246 Å². The summed E-state index contributed by atoms with van der Waals surface area (Å²) < 4.78 is 4.90. The van der Waals surface area contributed by atoms with Crippen LogP contribution in [-0.4, -0.2) is 14.1 Å². The fourth-order valence-electron chi connectivity index (χ4n) is 11.5. The summed E-state index contributed by atoms with van der Waals surface area (Å²) in [5.41, 5.74) is 19.6. The molecule has 0 saturated carbocycles. The number of nitrogens with zero attached hydrogens (tertiary/aromatic N) is 3. The third kappa shape index (κ3) is 4.57. The lowest BCUT2D eigenvalue weighted by atomic mass is 9.68. The molecule has 0 atom stereocenters. The standard InChI is InChI=1S/C59H41N3/c1-58(46-27-12-6-21-40(46)41-22-7-13-28-47(41)58)50-31-18-32-51(59(2)48-29-14-8-23-42(48)43-24-9-15-30-49(43)59)56(50)62-55-36-35-39(37-52(55)60-57(62)38-19-4-3-5-20-38)61-53-33-16-10-25-44(53)45-26-11-17-34-54(45)61/h3-37H,1-2H3. The Morgan fingerprint density at radius 2 is 0.774 bits per heavy atom. The second-order valence-electron chi connectivity index (χ2n) is 17.3. The lowest BCUT2D eigenvalue weighted by Gasteiger charge is -2.37. The Balaban J connectivity index is 1.18. The molecule has 0 saturated heterocycles. The Labute approximate surface area is 360 Å². The van der Waals surface area contributed by atoms with Crippen molar-refractivity contribution in [3.63, 3.8) is 0 Å². The molecule has 2 aliphatic carbocycles. The minimum atomic E-state index is -0.486. The maximum Gasteiger partial charge on any atom is 0.145 e. The van der Waals surface area contributed by atoms with E-state index in [1.807, 2.05) is 0 Å². The molecule has 0 amide bonds. The van der Waals surface area contributed by atoms with Crippen LogP contribution < -0.4 is 0 Å². The molecule has 292 valence electrons. The third-order valence-electron chi connectivity index (χ3n) is 14.3. The molecular weight excluding hydrogens is 751 g/mol. The van der Waals surface area contributed by atoms with Crippen LogP contribution in [0.1, 0.15) is 47.2 Å². The highest BCUT2D eigenvalue weighted by Gasteiger charge is 2.47. The average molecular weight is 792 g/mol. The lowest BCUT2D eigenvalue weighted by molar-refractivity contribution is 0.676. The minimum absolute atomic E-state index is 0.486. The van der Waals surface area contributed by atoms with Crippen molar-refractivity contribution in [2.45, 2.75) is 24.7 Å². The summed E-state index contributed by atoms with van der Waals surface area (Å²) in [5, 5.41) is 2.49. The first-order valence-electron chi connectivity index (χ1n) is 21.6. The fourth-order valence-corrected chi connectivity index (χ4v) is 11.5. The topological polar surface area (TPSA) is 22.8 Å². The van der Waals surface area contributed by atoms with E-state index in [2.05, 4.69) is 235 Å². The van der Waals surface area contributed by atoms with Crippen LogP contribution in [0.15, 0.2) is 212 Å². The van der Waals surface area contributed by atoms with Crippen molar-refractivity contribution in [1.82, 2.24) is 14.1 Å². The van der Waals surface area contributed by atoms with Gasteiger partial charge in [0, 0.05) is 32.9 Å². The van der Waals surface area contributed by atoms with Crippen LogP contribution in [0.5, 0.6) is 0 Å². The quantitative estimate of drug-likeness (QED) is 0.170. The van der Waals surface area contributed by atoms with Gasteiger partial charge < -0.3 is 4.57 Å². The molecule has 2 aromatic heterocycles. The summed E-state index contributed by atoms with van der Waals surface area (Å²) in [5.74, 6) is 0.917. The van der Waals surface area contributed by atoms with Gasteiger partial charge in [0.25, 0.3) is 0 Å². The maximum atomic E-state index is 5.70. The zero-order valence-electron chi connectivity index (χ0n) is 34.5.